The van der Waals surface area contributed by atoms with Crippen molar-refractivity contribution in [3.63, 3.8) is 0 Å². The third-order valence-electron chi connectivity index (χ3n) is 6.65. The molecule has 4 aromatic rings. The Morgan fingerprint density at radius 2 is 1.92 bits per heavy atom. The number of rotatable bonds is 10. The van der Waals surface area contributed by atoms with Crippen LogP contribution in [0.15, 0.2) is 60.8 Å². The SMILES string of the molecule is COc1ccc(CCN(Cc2cn3nc(-c4ccc(Cl)cc4)c(C(N)=O)c3cc2C2CC2)S(=O)O)cc1. The Balaban J connectivity index is 1.49. The number of fused-ring (bicyclic) bond motifs is 1. The number of amides is 1. The minimum absolute atomic E-state index is 0.267. The number of carbonyl (C=O) groups excluding carboxylic acids is 1. The van der Waals surface area contributed by atoms with Gasteiger partial charge in [-0.1, -0.05) is 35.9 Å². The fraction of sp³-hybridized carbons (Fsp3) is 0.259. The summed E-state index contributed by atoms with van der Waals surface area (Å²) in [6, 6.07) is 16.7. The maximum absolute atomic E-state index is 12.5. The first-order valence-corrected chi connectivity index (χ1v) is 13.4. The number of methoxy groups -OCH3 is 1. The number of nitrogens with two attached hydrogens (primary N) is 1. The Morgan fingerprint density at radius 3 is 2.51 bits per heavy atom. The van der Waals surface area contributed by atoms with E-state index in [0.717, 1.165) is 40.8 Å². The molecule has 2 aromatic heterocycles. The highest BCUT2D eigenvalue weighted by molar-refractivity contribution is 7.76. The van der Waals surface area contributed by atoms with Gasteiger partial charge >= 0.3 is 0 Å². The molecule has 1 aliphatic carbocycles. The average molecular weight is 539 g/mol. The van der Waals surface area contributed by atoms with Gasteiger partial charge in [-0.3, -0.25) is 9.35 Å². The molecule has 3 N–H and O–H groups in total. The molecule has 10 heteroatoms. The molecule has 37 heavy (non-hydrogen) atoms. The van der Waals surface area contributed by atoms with E-state index in [1.165, 1.54) is 4.31 Å². The zero-order valence-corrected chi connectivity index (χ0v) is 21.8. The van der Waals surface area contributed by atoms with Gasteiger partial charge in [0.05, 0.1) is 18.2 Å². The Kier molecular flexibility index (Phi) is 7.30. The topological polar surface area (TPSA) is 110 Å². The van der Waals surface area contributed by atoms with Crippen LogP contribution in [0.5, 0.6) is 5.75 Å². The lowest BCUT2D eigenvalue weighted by molar-refractivity contribution is 0.100. The highest BCUT2D eigenvalue weighted by Gasteiger charge is 2.30. The smallest absolute Gasteiger partial charge is 0.253 e. The largest absolute Gasteiger partial charge is 0.497 e. The molecule has 1 unspecified atom stereocenters. The van der Waals surface area contributed by atoms with Crippen LogP contribution in [0.4, 0.5) is 0 Å². The van der Waals surface area contributed by atoms with E-state index in [1.54, 1.807) is 35.9 Å². The highest BCUT2D eigenvalue weighted by Crippen LogP contribution is 2.43. The number of halogens is 1. The molecule has 0 spiro atoms. The van der Waals surface area contributed by atoms with Gasteiger partial charge in [0.1, 0.15) is 11.4 Å². The number of ether oxygens (including phenoxy) is 1. The molecule has 2 aromatic carbocycles. The van der Waals surface area contributed by atoms with Crippen LogP contribution in [-0.2, 0) is 24.2 Å². The predicted octanol–water partition coefficient (Wildman–Crippen LogP) is 4.82. The minimum Gasteiger partial charge on any atom is -0.497 e. The summed E-state index contributed by atoms with van der Waals surface area (Å²) in [5.41, 5.74) is 11.0. The van der Waals surface area contributed by atoms with Gasteiger partial charge in [0, 0.05) is 29.9 Å². The fourth-order valence-electron chi connectivity index (χ4n) is 4.55. The molecular formula is C27H27ClN4O4S. The lowest BCUT2D eigenvalue weighted by Crippen LogP contribution is -2.28. The molecule has 0 radical (unpaired) electrons. The van der Waals surface area contributed by atoms with E-state index in [-0.39, 0.29) is 6.54 Å². The monoisotopic (exact) mass is 538 g/mol. The number of benzene rings is 2. The van der Waals surface area contributed by atoms with E-state index in [1.807, 2.05) is 36.5 Å². The number of pyridine rings is 1. The van der Waals surface area contributed by atoms with E-state index in [9.17, 15) is 13.6 Å². The van der Waals surface area contributed by atoms with Crippen LogP contribution >= 0.6 is 11.6 Å². The molecule has 0 saturated heterocycles. The first-order valence-electron chi connectivity index (χ1n) is 11.9. The maximum atomic E-state index is 12.5. The molecule has 2 heterocycles. The number of hydrogen-bond donors (Lipinski definition) is 2. The molecule has 1 saturated carbocycles. The Labute approximate surface area is 222 Å². The van der Waals surface area contributed by atoms with Gasteiger partial charge in [-0.25, -0.2) is 8.72 Å². The van der Waals surface area contributed by atoms with Gasteiger partial charge in [-0.2, -0.15) is 9.40 Å². The summed E-state index contributed by atoms with van der Waals surface area (Å²) in [6.07, 6.45) is 4.51. The van der Waals surface area contributed by atoms with Crippen molar-refractivity contribution in [3.8, 4) is 17.0 Å². The maximum Gasteiger partial charge on any atom is 0.253 e. The van der Waals surface area contributed by atoms with Crippen LogP contribution in [0, 0.1) is 0 Å². The number of primary amides is 1. The van der Waals surface area contributed by atoms with Crippen molar-refractivity contribution < 1.29 is 18.3 Å². The second kappa shape index (κ2) is 10.6. The molecule has 0 aliphatic heterocycles. The summed E-state index contributed by atoms with van der Waals surface area (Å²) in [6.45, 7) is 0.655. The summed E-state index contributed by atoms with van der Waals surface area (Å²) >= 11 is 3.88. The van der Waals surface area contributed by atoms with Crippen molar-refractivity contribution in [1.82, 2.24) is 13.9 Å². The van der Waals surface area contributed by atoms with Gasteiger partial charge in [-0.05, 0) is 72.2 Å². The molecule has 192 valence electrons. The lowest BCUT2D eigenvalue weighted by atomic mass is 10.0. The Bertz CT molecular complexity index is 1470. The molecule has 1 atom stereocenters. The number of nitrogens with zero attached hydrogens (tertiary/aromatic N) is 3. The number of aromatic nitrogens is 2. The predicted molar refractivity (Wildman–Crippen MR) is 144 cm³/mol. The number of hydrogen-bond acceptors (Lipinski definition) is 4. The van der Waals surface area contributed by atoms with Gasteiger partial charge in [-0.15, -0.1) is 0 Å². The Morgan fingerprint density at radius 1 is 1.22 bits per heavy atom. The average Bonchev–Trinajstić information content (AvgIpc) is 3.66. The van der Waals surface area contributed by atoms with Crippen LogP contribution in [0.2, 0.25) is 5.02 Å². The van der Waals surface area contributed by atoms with Gasteiger partial charge in [0.15, 0.2) is 0 Å². The molecule has 0 bridgehead atoms. The molecule has 1 fully saturated rings. The van der Waals surface area contributed by atoms with E-state index in [0.29, 0.717) is 40.7 Å². The zero-order chi connectivity index (χ0) is 26.1. The minimum atomic E-state index is -2.16. The van der Waals surface area contributed by atoms with Crippen molar-refractivity contribution in [2.45, 2.75) is 31.7 Å². The second-order valence-corrected chi connectivity index (χ2v) is 10.6. The van der Waals surface area contributed by atoms with Crippen LogP contribution in [0.1, 0.15) is 45.8 Å². The van der Waals surface area contributed by atoms with E-state index >= 15 is 0 Å². The summed E-state index contributed by atoms with van der Waals surface area (Å²) < 4.78 is 30.7. The van der Waals surface area contributed by atoms with Crippen molar-refractivity contribution in [2.24, 2.45) is 5.73 Å². The molecule has 1 aliphatic rings. The van der Waals surface area contributed by atoms with Crippen LogP contribution < -0.4 is 10.5 Å². The van der Waals surface area contributed by atoms with E-state index in [2.05, 4.69) is 5.10 Å². The van der Waals surface area contributed by atoms with Crippen molar-refractivity contribution in [2.75, 3.05) is 13.7 Å². The summed E-state index contributed by atoms with van der Waals surface area (Å²) in [7, 11) is 1.62. The van der Waals surface area contributed by atoms with Crippen LogP contribution in [0.25, 0.3) is 16.8 Å². The first-order chi connectivity index (χ1) is 17.8. The molecule has 1 amide bonds. The lowest BCUT2D eigenvalue weighted by Gasteiger charge is -2.20. The quantitative estimate of drug-likeness (QED) is 0.281. The third kappa shape index (κ3) is 5.55. The Hall–Kier alpha value is -3.24. The van der Waals surface area contributed by atoms with Gasteiger partial charge in [0.2, 0.25) is 11.3 Å². The standard InChI is InChI=1S/C27H27ClN4O4S/c1-36-22-10-2-17(3-11-22)12-13-31(37(34)35)15-20-16-32-24(14-23(20)18-4-5-18)25(27(29)33)26(30-32)19-6-8-21(28)9-7-19/h2-3,6-11,14,16,18H,4-5,12-13,15H2,1H3,(H2,29,33)(H,34,35). The summed E-state index contributed by atoms with van der Waals surface area (Å²) in [5.74, 6) is 0.540. The fourth-order valence-corrected chi connectivity index (χ4v) is 5.18. The van der Waals surface area contributed by atoms with Crippen LogP contribution in [-0.4, -0.2) is 42.2 Å². The highest BCUT2D eigenvalue weighted by atomic mass is 35.5. The first kappa shape index (κ1) is 25.4. The van der Waals surface area contributed by atoms with Crippen molar-refractivity contribution in [1.29, 1.82) is 0 Å². The number of carbonyl (C=O) groups is 1. The van der Waals surface area contributed by atoms with Crippen molar-refractivity contribution in [3.05, 3.63) is 88.1 Å². The third-order valence-corrected chi connectivity index (χ3v) is 7.65. The summed E-state index contributed by atoms with van der Waals surface area (Å²) in [5, 5.41) is 5.26. The van der Waals surface area contributed by atoms with Crippen LogP contribution in [0.3, 0.4) is 0 Å². The van der Waals surface area contributed by atoms with Crippen molar-refractivity contribution >= 4 is 34.3 Å². The summed E-state index contributed by atoms with van der Waals surface area (Å²) in [4.78, 5) is 12.5. The molecule has 8 nitrogen and oxygen atoms in total. The second-order valence-electron chi connectivity index (χ2n) is 9.15. The molecule has 5 rings (SSSR count). The molecular weight excluding hydrogens is 512 g/mol. The normalized spacial score (nSPS) is 14.3. The van der Waals surface area contributed by atoms with Gasteiger partial charge in [0.25, 0.3) is 5.91 Å². The van der Waals surface area contributed by atoms with E-state index in [4.69, 9.17) is 22.1 Å². The van der Waals surface area contributed by atoms with Gasteiger partial charge < -0.3 is 10.5 Å². The zero-order valence-electron chi connectivity index (χ0n) is 20.3. The van der Waals surface area contributed by atoms with E-state index < -0.39 is 17.2 Å².